The number of hydrogen-bond acceptors (Lipinski definition) is 2. The summed E-state index contributed by atoms with van der Waals surface area (Å²) < 4.78 is 12.7. The Labute approximate surface area is 231 Å². The molecule has 0 bridgehead atoms. The Kier molecular flexibility index (Phi) is 12.5. The zero-order chi connectivity index (χ0) is 25.2. The summed E-state index contributed by atoms with van der Waals surface area (Å²) in [6, 6.07) is 15.6. The Morgan fingerprint density at radius 3 is 1.60 bits per heavy atom. The summed E-state index contributed by atoms with van der Waals surface area (Å²) >= 11 is 1.75. The van der Waals surface area contributed by atoms with Crippen LogP contribution in [0.25, 0.3) is 11.1 Å². The van der Waals surface area contributed by atoms with Gasteiger partial charge >= 0.3 is 29.2 Å². The van der Waals surface area contributed by atoms with Crippen molar-refractivity contribution in [2.75, 3.05) is 0 Å². The number of halogens is 1. The summed E-state index contributed by atoms with van der Waals surface area (Å²) in [5.41, 5.74) is 4.25. The van der Waals surface area contributed by atoms with E-state index in [0.29, 0.717) is 0 Å². The van der Waals surface area contributed by atoms with Crippen LogP contribution in [0.1, 0.15) is 91.9 Å². The van der Waals surface area contributed by atoms with Crippen molar-refractivity contribution < 1.29 is 29.5 Å². The van der Waals surface area contributed by atoms with E-state index in [1.165, 1.54) is 69.8 Å². The first-order chi connectivity index (χ1) is 17.0. The molecule has 2 aromatic carbocycles. The average Bonchev–Trinajstić information content (AvgIpc) is 2.87. The molecule has 2 saturated carbocycles. The predicted octanol–water partition coefficient (Wildman–Crippen LogP) is 9.39. The summed E-state index contributed by atoms with van der Waals surface area (Å²) in [7, 11) is 4.37. The second kappa shape index (κ2) is 15.0. The molecule has 0 saturated heterocycles. The molecule has 0 amide bonds. The number of rotatable bonds is 8. The molecule has 0 radical (unpaired) electrons. The molecule has 4 rings (SSSR count). The average molecular weight is 699 g/mol. The minimum atomic E-state index is -0.213. The van der Waals surface area contributed by atoms with Crippen LogP contribution in [0.3, 0.4) is 0 Å². The third-order valence-electron chi connectivity index (χ3n) is 7.10. The predicted molar refractivity (Wildman–Crippen MR) is 150 cm³/mol. The van der Waals surface area contributed by atoms with Gasteiger partial charge < -0.3 is 9.47 Å². The van der Waals surface area contributed by atoms with Gasteiger partial charge in [0.15, 0.2) is 0 Å². The van der Waals surface area contributed by atoms with Gasteiger partial charge in [-0.2, -0.15) is 0 Å². The molecule has 0 spiro atoms. The Morgan fingerprint density at radius 2 is 1.14 bits per heavy atom. The van der Waals surface area contributed by atoms with Gasteiger partial charge in [-0.15, -0.1) is 0 Å². The SMILES string of the molecule is CC(C)Oc1cccc(OC(C)C)c1-c1ccccc1P(C1CCCCC1)C1CCCCC1.[Cl][Au]. The first kappa shape index (κ1) is 29.1. The van der Waals surface area contributed by atoms with Crippen LogP contribution in [0.2, 0.25) is 0 Å². The Hall–Kier alpha value is -0.500. The maximum absolute atomic E-state index is 6.37. The van der Waals surface area contributed by atoms with Crippen molar-refractivity contribution in [2.45, 2.75) is 115 Å². The fraction of sp³-hybridized carbons (Fsp3) is 0.600. The minimum absolute atomic E-state index is 0.128. The molecule has 198 valence electrons. The molecule has 2 aliphatic rings. The van der Waals surface area contributed by atoms with Crippen molar-refractivity contribution in [3.8, 4) is 22.6 Å². The molecule has 2 aliphatic carbocycles. The molecule has 2 fully saturated rings. The first-order valence-electron chi connectivity index (χ1n) is 13.5. The van der Waals surface area contributed by atoms with E-state index >= 15 is 0 Å². The van der Waals surface area contributed by atoms with Gasteiger partial charge in [-0.1, -0.05) is 76.8 Å². The molecule has 5 heteroatoms. The molecule has 0 unspecified atom stereocenters. The molecule has 0 aromatic heterocycles. The summed E-state index contributed by atoms with van der Waals surface area (Å²) in [5.74, 6) is 1.91. The van der Waals surface area contributed by atoms with Gasteiger partial charge in [-0.05, 0) is 87.7 Å². The van der Waals surface area contributed by atoms with E-state index in [4.69, 9.17) is 9.47 Å². The van der Waals surface area contributed by atoms with E-state index in [9.17, 15) is 0 Å². The second-order valence-electron chi connectivity index (χ2n) is 10.5. The third-order valence-corrected chi connectivity index (χ3v) is 10.7. The molecule has 0 heterocycles. The van der Waals surface area contributed by atoms with E-state index in [2.05, 4.69) is 79.3 Å². The fourth-order valence-corrected chi connectivity index (χ4v) is 9.75. The molecule has 0 aliphatic heterocycles. The molecule has 2 aromatic rings. The van der Waals surface area contributed by atoms with Gasteiger partial charge in [0.1, 0.15) is 11.5 Å². The second-order valence-corrected chi connectivity index (χ2v) is 13.2. The van der Waals surface area contributed by atoms with Crippen molar-refractivity contribution in [2.24, 2.45) is 0 Å². The Balaban J connectivity index is 0.00000167. The molecular weight excluding hydrogens is 656 g/mol. The zero-order valence-corrected chi connectivity index (χ0v) is 25.7. The standard InChI is InChI=1S/C30H43O2P.Au.ClH/c1-22(2)31-27-19-13-20-28(32-23(3)4)30(27)26-18-11-12-21-29(26)33(24-14-7-5-8-15-24)25-16-9-6-10-17-25;;/h11-13,18-25H,5-10,14-17H2,1-4H3;;1H/q;+1;/p-1. The van der Waals surface area contributed by atoms with Gasteiger partial charge in [0, 0.05) is 0 Å². The number of ether oxygens (including phenoxy) is 2. The van der Waals surface area contributed by atoms with E-state index in [1.54, 1.807) is 25.3 Å². The van der Waals surface area contributed by atoms with Crippen molar-refractivity contribution in [3.05, 3.63) is 42.5 Å². The fourth-order valence-electron chi connectivity index (χ4n) is 5.80. The van der Waals surface area contributed by atoms with E-state index in [-0.39, 0.29) is 20.1 Å². The number of hydrogen-bond donors (Lipinski definition) is 0. The van der Waals surface area contributed by atoms with Gasteiger partial charge in [0.25, 0.3) is 0 Å². The maximum atomic E-state index is 6.37. The van der Waals surface area contributed by atoms with Crippen molar-refractivity contribution in [1.82, 2.24) is 0 Å². The van der Waals surface area contributed by atoms with E-state index in [0.717, 1.165) is 28.4 Å². The van der Waals surface area contributed by atoms with E-state index < -0.39 is 0 Å². The van der Waals surface area contributed by atoms with Gasteiger partial charge in [0.05, 0.1) is 17.8 Å². The Morgan fingerprint density at radius 1 is 0.686 bits per heavy atom. The van der Waals surface area contributed by atoms with Crippen LogP contribution >= 0.6 is 17.1 Å². The summed E-state index contributed by atoms with van der Waals surface area (Å²) in [6.45, 7) is 8.45. The van der Waals surface area contributed by atoms with Crippen LogP contribution in [-0.2, 0) is 20.0 Å². The normalized spacial score (nSPS) is 17.4. The monoisotopic (exact) mass is 698 g/mol. The summed E-state index contributed by atoms with van der Waals surface area (Å²) in [5, 5.41) is 1.60. The number of benzene rings is 2. The van der Waals surface area contributed by atoms with Gasteiger partial charge in [-0.3, -0.25) is 0 Å². The van der Waals surface area contributed by atoms with Crippen molar-refractivity contribution in [3.63, 3.8) is 0 Å². The Bertz CT molecular complexity index is 845. The van der Waals surface area contributed by atoms with Crippen LogP contribution in [0.5, 0.6) is 11.5 Å². The zero-order valence-electron chi connectivity index (χ0n) is 21.9. The van der Waals surface area contributed by atoms with Crippen LogP contribution in [0, 0.1) is 0 Å². The van der Waals surface area contributed by atoms with Crippen LogP contribution in [0.4, 0.5) is 0 Å². The van der Waals surface area contributed by atoms with Gasteiger partial charge in [-0.25, -0.2) is 0 Å². The molecule has 0 N–H and O–H groups in total. The first-order valence-corrected chi connectivity index (χ1v) is 17.7. The summed E-state index contributed by atoms with van der Waals surface area (Å²) in [6.07, 6.45) is 14.4. The van der Waals surface area contributed by atoms with Crippen molar-refractivity contribution >= 4 is 22.4 Å². The molecule has 0 atom stereocenters. The molecule has 2 nitrogen and oxygen atoms in total. The topological polar surface area (TPSA) is 18.5 Å². The van der Waals surface area contributed by atoms with Gasteiger partial charge in [0.2, 0.25) is 0 Å². The molecule has 35 heavy (non-hydrogen) atoms. The van der Waals surface area contributed by atoms with Crippen LogP contribution in [0.15, 0.2) is 42.5 Å². The van der Waals surface area contributed by atoms with E-state index in [1.807, 2.05) is 0 Å². The van der Waals surface area contributed by atoms with Crippen molar-refractivity contribution in [1.29, 1.82) is 0 Å². The van der Waals surface area contributed by atoms with Crippen LogP contribution in [-0.4, -0.2) is 23.5 Å². The quantitative estimate of drug-likeness (QED) is 0.202. The molecular formula is C30H43AuClO2P. The third kappa shape index (κ3) is 7.99. The summed E-state index contributed by atoms with van der Waals surface area (Å²) in [4.78, 5) is 0. The van der Waals surface area contributed by atoms with Crippen LogP contribution < -0.4 is 14.8 Å².